The minimum absolute atomic E-state index is 0.0252. The molecule has 0 saturated carbocycles. The summed E-state index contributed by atoms with van der Waals surface area (Å²) in [5.41, 5.74) is 1.09. The molecule has 0 spiro atoms. The predicted octanol–water partition coefficient (Wildman–Crippen LogP) is 0.362. The minimum atomic E-state index is 0.0252. The lowest BCUT2D eigenvalue weighted by molar-refractivity contribution is -0.154. The molecule has 25 heavy (non-hydrogen) atoms. The van der Waals surface area contributed by atoms with Gasteiger partial charge in [-0.15, -0.1) is 0 Å². The van der Waals surface area contributed by atoms with Crippen LogP contribution in [0.4, 0.5) is 0 Å². The van der Waals surface area contributed by atoms with Crippen molar-refractivity contribution in [2.45, 2.75) is 31.5 Å². The first kappa shape index (κ1) is 17.8. The van der Waals surface area contributed by atoms with E-state index in [1.807, 2.05) is 42.2 Å². The van der Waals surface area contributed by atoms with Crippen molar-refractivity contribution in [3.05, 3.63) is 30.1 Å². The van der Waals surface area contributed by atoms with E-state index >= 15 is 0 Å². The van der Waals surface area contributed by atoms with Crippen LogP contribution >= 0.6 is 0 Å². The first-order chi connectivity index (χ1) is 12.0. The summed E-state index contributed by atoms with van der Waals surface area (Å²) in [7, 11) is 3.78. The van der Waals surface area contributed by atoms with Gasteiger partial charge in [0.15, 0.2) is 0 Å². The fraction of sp³-hybridized carbons (Fsp3) is 0.611. The van der Waals surface area contributed by atoms with Crippen molar-refractivity contribution in [2.75, 3.05) is 40.3 Å². The third kappa shape index (κ3) is 4.35. The molecule has 3 heterocycles. The summed E-state index contributed by atoms with van der Waals surface area (Å²) < 4.78 is 5.69. The highest BCUT2D eigenvalue weighted by Crippen LogP contribution is 2.23. The molecule has 7 heteroatoms. The van der Waals surface area contributed by atoms with E-state index < -0.39 is 0 Å². The molecule has 0 radical (unpaired) electrons. The Morgan fingerprint density at radius 2 is 2.20 bits per heavy atom. The molecule has 0 aliphatic carbocycles. The second kappa shape index (κ2) is 7.93. The Hall–Kier alpha value is -1.99. The molecule has 7 nitrogen and oxygen atoms in total. The minimum Gasteiger partial charge on any atom is -0.366 e. The van der Waals surface area contributed by atoms with Crippen LogP contribution < -0.4 is 0 Å². The van der Waals surface area contributed by atoms with Crippen LogP contribution in [-0.2, 0) is 20.9 Å². The first-order valence-electron chi connectivity index (χ1n) is 8.77. The Balaban J connectivity index is 1.53. The number of rotatable bonds is 4. The van der Waals surface area contributed by atoms with Crippen LogP contribution in [-0.4, -0.2) is 84.0 Å². The molecule has 2 aliphatic rings. The molecular formula is C18H26N4O3. The van der Waals surface area contributed by atoms with Crippen molar-refractivity contribution in [2.24, 2.45) is 0 Å². The van der Waals surface area contributed by atoms with Gasteiger partial charge in [-0.2, -0.15) is 0 Å². The standard InChI is InChI=1S/C18H26N4O3/c1-20(11-14-4-3-7-19-10-14)12-17(23)22-8-5-15-16(6-9-22)25-13-18(24)21(15)2/h3-4,7,10,15-16H,5-6,8-9,11-13H2,1-2H3/t15-,16-/m0/s1. The maximum Gasteiger partial charge on any atom is 0.248 e. The number of amides is 2. The maximum absolute atomic E-state index is 12.7. The van der Waals surface area contributed by atoms with Gasteiger partial charge in [0.2, 0.25) is 11.8 Å². The van der Waals surface area contributed by atoms with E-state index in [1.165, 1.54) is 0 Å². The van der Waals surface area contributed by atoms with Crippen molar-refractivity contribution in [1.29, 1.82) is 0 Å². The smallest absolute Gasteiger partial charge is 0.248 e. The van der Waals surface area contributed by atoms with Crippen LogP contribution in [0, 0.1) is 0 Å². The van der Waals surface area contributed by atoms with E-state index in [-0.39, 0.29) is 30.6 Å². The van der Waals surface area contributed by atoms with Gasteiger partial charge in [0.25, 0.3) is 0 Å². The van der Waals surface area contributed by atoms with Gasteiger partial charge in [0.1, 0.15) is 6.61 Å². The Kier molecular flexibility index (Phi) is 5.65. The number of hydrogen-bond acceptors (Lipinski definition) is 5. The predicted molar refractivity (Wildman–Crippen MR) is 92.7 cm³/mol. The lowest BCUT2D eigenvalue weighted by Crippen LogP contribution is -2.52. The molecule has 2 saturated heterocycles. The zero-order chi connectivity index (χ0) is 17.8. The summed E-state index contributed by atoms with van der Waals surface area (Å²) in [6.07, 6.45) is 5.15. The number of likely N-dealkylation sites (tertiary alicyclic amines) is 1. The van der Waals surface area contributed by atoms with E-state index in [0.717, 1.165) is 18.4 Å². The summed E-state index contributed by atoms with van der Waals surface area (Å²) in [4.78, 5) is 34.3. The number of morpholine rings is 1. The third-order valence-corrected chi connectivity index (χ3v) is 5.05. The van der Waals surface area contributed by atoms with Crippen LogP contribution in [0.1, 0.15) is 18.4 Å². The average Bonchev–Trinajstić information content (AvgIpc) is 2.82. The number of hydrogen-bond donors (Lipinski definition) is 0. The van der Waals surface area contributed by atoms with Crippen molar-refractivity contribution >= 4 is 11.8 Å². The van der Waals surface area contributed by atoms with Gasteiger partial charge < -0.3 is 14.5 Å². The second-order valence-electron chi connectivity index (χ2n) is 6.91. The number of carbonyl (C=O) groups is 2. The van der Waals surface area contributed by atoms with Gasteiger partial charge >= 0.3 is 0 Å². The van der Waals surface area contributed by atoms with Gasteiger partial charge in [0.05, 0.1) is 18.7 Å². The lowest BCUT2D eigenvalue weighted by atomic mass is 10.0. The monoisotopic (exact) mass is 346 g/mol. The van der Waals surface area contributed by atoms with E-state index in [0.29, 0.717) is 26.2 Å². The van der Waals surface area contributed by atoms with E-state index in [1.54, 1.807) is 11.1 Å². The molecule has 2 amide bonds. The highest BCUT2D eigenvalue weighted by molar-refractivity contribution is 5.79. The Labute approximate surface area is 148 Å². The number of ether oxygens (including phenoxy) is 1. The summed E-state index contributed by atoms with van der Waals surface area (Å²) in [5.74, 6) is 0.149. The van der Waals surface area contributed by atoms with Crippen molar-refractivity contribution in [3.63, 3.8) is 0 Å². The Morgan fingerprint density at radius 3 is 2.96 bits per heavy atom. The van der Waals surface area contributed by atoms with Gasteiger partial charge in [-0.25, -0.2) is 0 Å². The zero-order valence-electron chi connectivity index (χ0n) is 14.9. The maximum atomic E-state index is 12.7. The molecule has 0 unspecified atom stereocenters. The highest BCUT2D eigenvalue weighted by atomic mass is 16.5. The van der Waals surface area contributed by atoms with Gasteiger partial charge in [-0.1, -0.05) is 6.07 Å². The zero-order valence-corrected chi connectivity index (χ0v) is 14.9. The summed E-state index contributed by atoms with van der Waals surface area (Å²) in [5, 5.41) is 0. The fourth-order valence-corrected chi connectivity index (χ4v) is 3.60. The summed E-state index contributed by atoms with van der Waals surface area (Å²) in [6, 6.07) is 3.99. The summed E-state index contributed by atoms with van der Waals surface area (Å²) in [6.45, 7) is 2.57. The molecule has 2 atom stereocenters. The molecule has 2 aliphatic heterocycles. The second-order valence-corrected chi connectivity index (χ2v) is 6.91. The number of aromatic nitrogens is 1. The first-order valence-corrected chi connectivity index (χ1v) is 8.77. The van der Waals surface area contributed by atoms with Gasteiger partial charge in [-0.3, -0.25) is 19.5 Å². The van der Waals surface area contributed by atoms with Crippen molar-refractivity contribution in [3.8, 4) is 0 Å². The number of fused-ring (bicyclic) bond motifs is 1. The van der Waals surface area contributed by atoms with E-state index in [4.69, 9.17) is 4.74 Å². The van der Waals surface area contributed by atoms with E-state index in [2.05, 4.69) is 4.98 Å². The molecule has 0 aromatic carbocycles. The summed E-state index contributed by atoms with van der Waals surface area (Å²) >= 11 is 0. The van der Waals surface area contributed by atoms with Crippen molar-refractivity contribution < 1.29 is 14.3 Å². The van der Waals surface area contributed by atoms with Crippen LogP contribution in [0.25, 0.3) is 0 Å². The molecule has 136 valence electrons. The topological polar surface area (TPSA) is 66.0 Å². The largest absolute Gasteiger partial charge is 0.366 e. The normalized spacial score (nSPS) is 24.2. The lowest BCUT2D eigenvalue weighted by Gasteiger charge is -2.37. The SMILES string of the molecule is CN(CC(=O)N1CC[C@@H]2OCC(=O)N(C)[C@H]2CC1)Cc1cccnc1. The number of pyridine rings is 1. The molecular weight excluding hydrogens is 320 g/mol. The number of likely N-dealkylation sites (N-methyl/N-ethyl adjacent to an activating group) is 2. The molecule has 0 N–H and O–H groups in total. The molecule has 1 aromatic rings. The number of carbonyl (C=O) groups excluding carboxylic acids is 2. The van der Waals surface area contributed by atoms with E-state index in [9.17, 15) is 9.59 Å². The van der Waals surface area contributed by atoms with Crippen LogP contribution in [0.5, 0.6) is 0 Å². The molecule has 3 rings (SSSR count). The van der Waals surface area contributed by atoms with Crippen LogP contribution in [0.15, 0.2) is 24.5 Å². The Bertz CT molecular complexity index is 610. The van der Waals surface area contributed by atoms with Crippen LogP contribution in [0.3, 0.4) is 0 Å². The molecule has 0 bridgehead atoms. The van der Waals surface area contributed by atoms with Gasteiger partial charge in [-0.05, 0) is 31.5 Å². The van der Waals surface area contributed by atoms with Gasteiger partial charge in [0, 0.05) is 39.1 Å². The van der Waals surface area contributed by atoms with Crippen molar-refractivity contribution in [1.82, 2.24) is 19.7 Å². The quantitative estimate of drug-likeness (QED) is 0.788. The Morgan fingerprint density at radius 1 is 1.40 bits per heavy atom. The third-order valence-electron chi connectivity index (χ3n) is 5.05. The molecule has 1 aromatic heterocycles. The highest BCUT2D eigenvalue weighted by Gasteiger charge is 2.37. The fourth-order valence-electron chi connectivity index (χ4n) is 3.60. The van der Waals surface area contributed by atoms with Crippen LogP contribution in [0.2, 0.25) is 0 Å². The molecule has 2 fully saturated rings. The number of nitrogens with zero attached hydrogens (tertiary/aromatic N) is 4. The average molecular weight is 346 g/mol.